The van der Waals surface area contributed by atoms with E-state index in [2.05, 4.69) is 10.3 Å². The maximum atomic E-state index is 12.4. The van der Waals surface area contributed by atoms with Gasteiger partial charge in [-0.25, -0.2) is 4.98 Å². The molecule has 146 valence electrons. The van der Waals surface area contributed by atoms with Crippen LogP contribution in [0.3, 0.4) is 0 Å². The van der Waals surface area contributed by atoms with E-state index in [1.165, 1.54) is 0 Å². The lowest BCUT2D eigenvalue weighted by atomic mass is 10.1. The van der Waals surface area contributed by atoms with Crippen LogP contribution in [-0.4, -0.2) is 24.0 Å². The Labute approximate surface area is 168 Å². The van der Waals surface area contributed by atoms with Crippen LogP contribution in [0.2, 0.25) is 0 Å². The van der Waals surface area contributed by atoms with Crippen molar-refractivity contribution in [2.75, 3.05) is 12.4 Å². The van der Waals surface area contributed by atoms with Crippen molar-refractivity contribution >= 4 is 22.7 Å². The number of rotatable bonds is 6. The van der Waals surface area contributed by atoms with Crippen molar-refractivity contribution in [2.45, 2.75) is 12.5 Å². The van der Waals surface area contributed by atoms with Gasteiger partial charge >= 0.3 is 0 Å². The van der Waals surface area contributed by atoms with Crippen LogP contribution in [0.5, 0.6) is 5.75 Å². The van der Waals surface area contributed by atoms with Crippen molar-refractivity contribution < 1.29 is 13.9 Å². The van der Waals surface area contributed by atoms with E-state index in [9.17, 15) is 4.79 Å². The fourth-order valence-corrected chi connectivity index (χ4v) is 3.06. The quantitative estimate of drug-likeness (QED) is 0.522. The highest BCUT2D eigenvalue weighted by molar-refractivity contribution is 5.96. The zero-order chi connectivity index (χ0) is 20.2. The summed E-state index contributed by atoms with van der Waals surface area (Å²) in [6.45, 7) is 0. The van der Waals surface area contributed by atoms with Gasteiger partial charge in [0.15, 0.2) is 5.58 Å². The molecule has 0 unspecified atom stereocenters. The van der Waals surface area contributed by atoms with Crippen LogP contribution in [0.4, 0.5) is 5.69 Å². The number of ether oxygens (including phenoxy) is 1. The average Bonchev–Trinajstić information content (AvgIpc) is 3.18. The summed E-state index contributed by atoms with van der Waals surface area (Å²) in [6.07, 6.45) is 0.473. The van der Waals surface area contributed by atoms with Gasteiger partial charge in [-0.3, -0.25) is 4.79 Å². The van der Waals surface area contributed by atoms with Crippen LogP contribution in [0.15, 0.2) is 77.2 Å². The van der Waals surface area contributed by atoms with Gasteiger partial charge in [0.2, 0.25) is 11.8 Å². The first-order valence-electron chi connectivity index (χ1n) is 9.28. The molecule has 6 nitrogen and oxygen atoms in total. The number of carbonyl (C=O) groups is 1. The summed E-state index contributed by atoms with van der Waals surface area (Å²) < 4.78 is 11.0. The highest BCUT2D eigenvalue weighted by atomic mass is 16.5. The summed E-state index contributed by atoms with van der Waals surface area (Å²) in [5.74, 6) is 1.03. The number of nitrogens with one attached hydrogen (secondary N) is 1. The molecule has 0 aliphatic heterocycles. The van der Waals surface area contributed by atoms with Gasteiger partial charge in [-0.1, -0.05) is 30.3 Å². The predicted molar refractivity (Wildman–Crippen MR) is 113 cm³/mol. The van der Waals surface area contributed by atoms with E-state index in [4.69, 9.17) is 14.9 Å². The molecule has 29 heavy (non-hydrogen) atoms. The third kappa shape index (κ3) is 4.28. The number of aromatic nitrogens is 1. The maximum absolute atomic E-state index is 12.4. The fourth-order valence-electron chi connectivity index (χ4n) is 3.06. The number of carbonyl (C=O) groups excluding carboxylic acids is 1. The summed E-state index contributed by atoms with van der Waals surface area (Å²) in [5.41, 5.74) is 9.85. The molecular formula is C23H21N3O3. The molecule has 1 amide bonds. The van der Waals surface area contributed by atoms with Gasteiger partial charge in [-0.05, 0) is 54.4 Å². The second-order valence-electron chi connectivity index (χ2n) is 6.72. The molecule has 0 aliphatic carbocycles. The zero-order valence-corrected chi connectivity index (χ0v) is 16.0. The lowest BCUT2D eigenvalue weighted by molar-refractivity contribution is -0.117. The number of hydrogen-bond acceptors (Lipinski definition) is 5. The molecule has 1 aromatic heterocycles. The van der Waals surface area contributed by atoms with Crippen LogP contribution >= 0.6 is 0 Å². The Kier molecular flexibility index (Phi) is 5.27. The van der Waals surface area contributed by atoms with Gasteiger partial charge in [0.05, 0.1) is 13.2 Å². The molecule has 0 saturated heterocycles. The molecule has 0 fully saturated rings. The minimum absolute atomic E-state index is 0.243. The normalized spacial score (nSPS) is 11.9. The van der Waals surface area contributed by atoms with Gasteiger partial charge in [-0.15, -0.1) is 0 Å². The first-order valence-corrected chi connectivity index (χ1v) is 9.28. The second-order valence-corrected chi connectivity index (χ2v) is 6.72. The van der Waals surface area contributed by atoms with E-state index >= 15 is 0 Å². The van der Waals surface area contributed by atoms with E-state index in [0.29, 0.717) is 29.1 Å². The van der Waals surface area contributed by atoms with E-state index < -0.39 is 6.04 Å². The van der Waals surface area contributed by atoms with Crippen LogP contribution in [0.25, 0.3) is 22.6 Å². The molecule has 4 rings (SSSR count). The van der Waals surface area contributed by atoms with Crippen LogP contribution in [-0.2, 0) is 11.2 Å². The van der Waals surface area contributed by atoms with Crippen molar-refractivity contribution in [1.29, 1.82) is 0 Å². The summed E-state index contributed by atoms with van der Waals surface area (Å²) in [6, 6.07) is 21.9. The van der Waals surface area contributed by atoms with E-state index in [1.54, 1.807) is 25.3 Å². The molecule has 0 spiro atoms. The molecule has 0 radical (unpaired) electrons. The van der Waals surface area contributed by atoms with Crippen LogP contribution in [0.1, 0.15) is 5.56 Å². The maximum Gasteiger partial charge on any atom is 0.241 e. The van der Waals surface area contributed by atoms with Crippen molar-refractivity contribution in [1.82, 2.24) is 4.98 Å². The molecule has 0 saturated carbocycles. The summed E-state index contributed by atoms with van der Waals surface area (Å²) in [5, 5.41) is 2.86. The largest absolute Gasteiger partial charge is 0.497 e. The van der Waals surface area contributed by atoms with E-state index in [-0.39, 0.29) is 5.91 Å². The fraction of sp³-hybridized carbons (Fsp3) is 0.130. The predicted octanol–water partition coefficient (Wildman–Crippen LogP) is 4.01. The van der Waals surface area contributed by atoms with Gasteiger partial charge in [-0.2, -0.15) is 0 Å². The highest BCUT2D eigenvalue weighted by Gasteiger charge is 2.15. The number of nitrogens with zero attached hydrogens (tertiary/aromatic N) is 1. The van der Waals surface area contributed by atoms with E-state index in [1.807, 2.05) is 54.6 Å². The summed E-state index contributed by atoms with van der Waals surface area (Å²) >= 11 is 0. The average molecular weight is 387 g/mol. The van der Waals surface area contributed by atoms with Crippen LogP contribution in [0, 0.1) is 0 Å². The van der Waals surface area contributed by atoms with Crippen molar-refractivity contribution in [3.63, 3.8) is 0 Å². The van der Waals surface area contributed by atoms with Gasteiger partial charge in [0.1, 0.15) is 11.3 Å². The van der Waals surface area contributed by atoms with Crippen LogP contribution < -0.4 is 15.8 Å². The minimum Gasteiger partial charge on any atom is -0.497 e. The molecule has 6 heteroatoms. The third-order valence-corrected chi connectivity index (χ3v) is 4.63. The number of anilines is 1. The number of nitrogens with two attached hydrogens (primary N) is 1. The van der Waals surface area contributed by atoms with Gasteiger partial charge in [0, 0.05) is 11.3 Å². The lowest BCUT2D eigenvalue weighted by Crippen LogP contribution is -2.37. The number of hydrogen-bond donors (Lipinski definition) is 2. The molecule has 0 aliphatic rings. The Bertz CT molecular complexity index is 1120. The topological polar surface area (TPSA) is 90.4 Å². The number of oxazole rings is 1. The Balaban J connectivity index is 1.49. The first-order chi connectivity index (χ1) is 14.1. The van der Waals surface area contributed by atoms with Crippen molar-refractivity contribution in [2.24, 2.45) is 5.73 Å². The number of fused-ring (bicyclic) bond motifs is 1. The second kappa shape index (κ2) is 8.16. The number of benzene rings is 3. The van der Waals surface area contributed by atoms with Crippen molar-refractivity contribution in [3.05, 3.63) is 78.4 Å². The molecular weight excluding hydrogens is 366 g/mol. The molecule has 1 atom stereocenters. The minimum atomic E-state index is -0.639. The third-order valence-electron chi connectivity index (χ3n) is 4.63. The lowest BCUT2D eigenvalue weighted by Gasteiger charge is -2.12. The number of methoxy groups -OCH3 is 1. The Morgan fingerprint density at radius 2 is 1.86 bits per heavy atom. The Hall–Kier alpha value is -3.64. The van der Waals surface area contributed by atoms with E-state index in [0.717, 1.165) is 16.9 Å². The standard InChI is InChI=1S/C23H21N3O3/c1-28-18-10-7-16(8-11-18)23-26-20-14-17(9-12-21(20)29-23)25-22(27)19(24)13-15-5-3-2-4-6-15/h2-12,14,19H,13,24H2,1H3,(H,25,27)/t19-/m1/s1. The molecule has 3 N–H and O–H groups in total. The monoisotopic (exact) mass is 387 g/mol. The highest BCUT2D eigenvalue weighted by Crippen LogP contribution is 2.27. The molecule has 3 aromatic carbocycles. The molecule has 1 heterocycles. The number of amides is 1. The Morgan fingerprint density at radius 1 is 1.10 bits per heavy atom. The summed E-state index contributed by atoms with van der Waals surface area (Å²) in [4.78, 5) is 17.0. The van der Waals surface area contributed by atoms with Gasteiger partial charge < -0.3 is 20.2 Å². The summed E-state index contributed by atoms with van der Waals surface area (Å²) in [7, 11) is 1.62. The molecule has 0 bridgehead atoms. The zero-order valence-electron chi connectivity index (χ0n) is 16.0. The Morgan fingerprint density at radius 3 is 2.59 bits per heavy atom. The van der Waals surface area contributed by atoms with Crippen molar-refractivity contribution in [3.8, 4) is 17.2 Å². The van der Waals surface area contributed by atoms with Gasteiger partial charge in [0.25, 0.3) is 0 Å². The molecule has 4 aromatic rings. The first kappa shape index (κ1) is 18.7. The SMILES string of the molecule is COc1ccc(-c2nc3cc(NC(=O)[C@H](N)Cc4ccccc4)ccc3o2)cc1. The smallest absolute Gasteiger partial charge is 0.241 e.